The molecule has 0 saturated heterocycles. The smallest absolute Gasteiger partial charge is 0.263 e. The molecule has 0 fully saturated rings. The molecule has 7 heteroatoms. The van der Waals surface area contributed by atoms with Crippen molar-refractivity contribution >= 4 is 27.6 Å². The zero-order chi connectivity index (χ0) is 23.1. The van der Waals surface area contributed by atoms with Crippen molar-refractivity contribution in [1.29, 1.82) is 0 Å². The van der Waals surface area contributed by atoms with E-state index in [2.05, 4.69) is 20.3 Å². The number of aromatic amines is 1. The molecular formula is C26H23N5O2. The number of pyridine rings is 2. The average molecular weight is 438 g/mol. The summed E-state index contributed by atoms with van der Waals surface area (Å²) in [5.74, 6) is 0.421. The molecular weight excluding hydrogens is 414 g/mol. The zero-order valence-electron chi connectivity index (χ0n) is 18.6. The Morgan fingerprint density at radius 2 is 1.73 bits per heavy atom. The Morgan fingerprint density at radius 3 is 2.52 bits per heavy atom. The van der Waals surface area contributed by atoms with Gasteiger partial charge in [0.2, 0.25) is 0 Å². The van der Waals surface area contributed by atoms with Gasteiger partial charge in [0.05, 0.1) is 17.1 Å². The fraction of sp³-hybridized carbons (Fsp3) is 0.154. The molecule has 164 valence electrons. The van der Waals surface area contributed by atoms with Crippen molar-refractivity contribution in [3.05, 3.63) is 105 Å². The Hall–Kier alpha value is -4.26. The Balaban J connectivity index is 1.77. The number of rotatable bonds is 4. The van der Waals surface area contributed by atoms with E-state index in [0.29, 0.717) is 22.2 Å². The number of nitrogens with one attached hydrogen (secondary N) is 2. The van der Waals surface area contributed by atoms with Gasteiger partial charge in [0, 0.05) is 18.0 Å². The molecule has 3 aromatic heterocycles. The first-order valence-corrected chi connectivity index (χ1v) is 10.8. The van der Waals surface area contributed by atoms with Crippen molar-refractivity contribution in [2.45, 2.75) is 26.8 Å². The van der Waals surface area contributed by atoms with Crippen LogP contribution in [0.15, 0.2) is 76.7 Å². The van der Waals surface area contributed by atoms with E-state index in [4.69, 9.17) is 0 Å². The van der Waals surface area contributed by atoms with Gasteiger partial charge in [-0.05, 0) is 49.4 Å². The summed E-state index contributed by atoms with van der Waals surface area (Å²) in [6.07, 6.45) is 2.97. The Morgan fingerprint density at radius 1 is 0.939 bits per heavy atom. The number of fused-ring (bicyclic) bond motifs is 2. The molecule has 5 aromatic rings. The van der Waals surface area contributed by atoms with Crippen LogP contribution in [0.5, 0.6) is 0 Å². The predicted octanol–water partition coefficient (Wildman–Crippen LogP) is 4.41. The number of H-pyrrole nitrogens is 1. The number of anilines is 1. The molecule has 5 rings (SSSR count). The number of aromatic nitrogens is 4. The third-order valence-electron chi connectivity index (χ3n) is 6.05. The van der Waals surface area contributed by atoms with Gasteiger partial charge in [0.15, 0.2) is 5.43 Å². The van der Waals surface area contributed by atoms with Gasteiger partial charge in [-0.1, -0.05) is 36.4 Å². The van der Waals surface area contributed by atoms with Crippen LogP contribution < -0.4 is 16.3 Å². The minimum absolute atomic E-state index is 0.0751. The SMILES string of the molecule is Cc1c([C@H](C)Nc2ncnc3[nH]ccc(=O)c23)n(-c2ccccc2)c(=O)c2c(C)cccc12. The first-order chi connectivity index (χ1) is 16.0. The molecule has 0 bridgehead atoms. The molecule has 1 atom stereocenters. The summed E-state index contributed by atoms with van der Waals surface area (Å²) >= 11 is 0. The van der Waals surface area contributed by atoms with Crippen LogP contribution in [0.3, 0.4) is 0 Å². The highest BCUT2D eigenvalue weighted by Gasteiger charge is 2.22. The van der Waals surface area contributed by atoms with Crippen LogP contribution >= 0.6 is 0 Å². The summed E-state index contributed by atoms with van der Waals surface area (Å²) in [7, 11) is 0. The van der Waals surface area contributed by atoms with Gasteiger partial charge in [-0.3, -0.25) is 14.2 Å². The third-order valence-corrected chi connectivity index (χ3v) is 6.05. The number of hydrogen-bond donors (Lipinski definition) is 2. The quantitative estimate of drug-likeness (QED) is 0.434. The normalized spacial score (nSPS) is 12.2. The Bertz CT molecular complexity index is 1610. The lowest BCUT2D eigenvalue weighted by Crippen LogP contribution is -2.28. The topological polar surface area (TPSA) is 92.7 Å². The summed E-state index contributed by atoms with van der Waals surface area (Å²) in [6.45, 7) is 5.95. The van der Waals surface area contributed by atoms with E-state index >= 15 is 0 Å². The second-order valence-electron chi connectivity index (χ2n) is 8.14. The van der Waals surface area contributed by atoms with Crippen molar-refractivity contribution < 1.29 is 0 Å². The minimum Gasteiger partial charge on any atom is -0.361 e. The van der Waals surface area contributed by atoms with Gasteiger partial charge in [-0.25, -0.2) is 9.97 Å². The van der Waals surface area contributed by atoms with E-state index in [-0.39, 0.29) is 17.0 Å². The molecule has 0 unspecified atom stereocenters. The van der Waals surface area contributed by atoms with Gasteiger partial charge >= 0.3 is 0 Å². The predicted molar refractivity (Wildman–Crippen MR) is 131 cm³/mol. The van der Waals surface area contributed by atoms with Crippen LogP contribution in [0.1, 0.15) is 29.8 Å². The highest BCUT2D eigenvalue weighted by Crippen LogP contribution is 2.30. The van der Waals surface area contributed by atoms with Gasteiger partial charge in [-0.15, -0.1) is 0 Å². The standard InChI is InChI=1S/C26H23N5O2/c1-15-8-7-11-19-16(2)23(31(26(33)21(15)19)18-9-5-4-6-10-18)17(3)30-25-22-20(32)12-13-27-24(22)28-14-29-25/h4-14,17H,1-3H3,(H2,27,28,29,30,32)/t17-/m0/s1. The highest BCUT2D eigenvalue weighted by molar-refractivity contribution is 5.89. The number of nitrogens with zero attached hydrogens (tertiary/aromatic N) is 3. The molecule has 2 N–H and O–H groups in total. The maximum atomic E-state index is 13.8. The van der Waals surface area contributed by atoms with E-state index in [1.807, 2.05) is 69.3 Å². The van der Waals surface area contributed by atoms with E-state index < -0.39 is 0 Å². The molecule has 33 heavy (non-hydrogen) atoms. The van der Waals surface area contributed by atoms with E-state index in [1.165, 1.54) is 12.4 Å². The van der Waals surface area contributed by atoms with Crippen molar-refractivity contribution in [3.63, 3.8) is 0 Å². The first kappa shape index (κ1) is 20.6. The fourth-order valence-corrected chi connectivity index (χ4v) is 4.53. The van der Waals surface area contributed by atoms with Gasteiger partial charge < -0.3 is 10.3 Å². The van der Waals surface area contributed by atoms with Crippen molar-refractivity contribution in [1.82, 2.24) is 19.5 Å². The van der Waals surface area contributed by atoms with Crippen LogP contribution in [0, 0.1) is 13.8 Å². The van der Waals surface area contributed by atoms with Crippen LogP contribution in [0.2, 0.25) is 0 Å². The fourth-order valence-electron chi connectivity index (χ4n) is 4.53. The van der Waals surface area contributed by atoms with Gasteiger partial charge in [0.25, 0.3) is 5.56 Å². The second kappa shape index (κ2) is 8.02. The van der Waals surface area contributed by atoms with Crippen LogP contribution in [-0.4, -0.2) is 19.5 Å². The highest BCUT2D eigenvalue weighted by atomic mass is 16.1. The van der Waals surface area contributed by atoms with E-state index in [0.717, 1.165) is 27.9 Å². The zero-order valence-corrected chi connectivity index (χ0v) is 18.6. The minimum atomic E-state index is -0.333. The molecule has 0 aliphatic carbocycles. The largest absolute Gasteiger partial charge is 0.361 e. The van der Waals surface area contributed by atoms with Crippen LogP contribution in [0.25, 0.3) is 27.5 Å². The van der Waals surface area contributed by atoms with E-state index in [9.17, 15) is 9.59 Å². The molecule has 0 saturated carbocycles. The first-order valence-electron chi connectivity index (χ1n) is 10.8. The molecule has 0 amide bonds. The summed E-state index contributed by atoms with van der Waals surface area (Å²) in [5.41, 5.74) is 3.72. The molecule has 0 aliphatic heterocycles. The van der Waals surface area contributed by atoms with Crippen LogP contribution in [-0.2, 0) is 0 Å². The lowest BCUT2D eigenvalue weighted by molar-refractivity contribution is 0.764. The van der Waals surface area contributed by atoms with Crippen LogP contribution in [0.4, 0.5) is 5.82 Å². The van der Waals surface area contributed by atoms with Gasteiger partial charge in [-0.2, -0.15) is 0 Å². The number of benzene rings is 2. The summed E-state index contributed by atoms with van der Waals surface area (Å²) < 4.78 is 1.76. The molecule has 3 heterocycles. The third kappa shape index (κ3) is 3.38. The number of hydrogen-bond acceptors (Lipinski definition) is 5. The molecule has 0 spiro atoms. The maximum Gasteiger partial charge on any atom is 0.263 e. The lowest BCUT2D eigenvalue weighted by atomic mass is 9.98. The number of para-hydroxylation sites is 1. The Kier molecular flexibility index (Phi) is 5.01. The number of aryl methyl sites for hydroxylation is 2. The lowest BCUT2D eigenvalue weighted by Gasteiger charge is -2.24. The van der Waals surface area contributed by atoms with Gasteiger partial charge in [0.1, 0.15) is 23.2 Å². The summed E-state index contributed by atoms with van der Waals surface area (Å²) in [6, 6.07) is 16.6. The molecule has 0 aliphatic rings. The second-order valence-corrected chi connectivity index (χ2v) is 8.14. The molecule has 2 aromatic carbocycles. The molecule has 7 nitrogen and oxygen atoms in total. The van der Waals surface area contributed by atoms with Crippen molar-refractivity contribution in [2.24, 2.45) is 0 Å². The monoisotopic (exact) mass is 437 g/mol. The Labute approximate surface area is 189 Å². The van der Waals surface area contributed by atoms with Crippen molar-refractivity contribution in [3.8, 4) is 5.69 Å². The van der Waals surface area contributed by atoms with E-state index in [1.54, 1.807) is 10.8 Å². The molecule has 0 radical (unpaired) electrons. The average Bonchev–Trinajstić information content (AvgIpc) is 2.81. The summed E-state index contributed by atoms with van der Waals surface area (Å²) in [5, 5.41) is 5.38. The maximum absolute atomic E-state index is 13.8. The van der Waals surface area contributed by atoms with Crippen molar-refractivity contribution in [2.75, 3.05) is 5.32 Å². The summed E-state index contributed by atoms with van der Waals surface area (Å²) in [4.78, 5) is 37.8.